The molecule has 1 N–H and O–H groups in total. The van der Waals surface area contributed by atoms with Crippen molar-refractivity contribution in [1.29, 1.82) is 5.26 Å². The van der Waals surface area contributed by atoms with Crippen LogP contribution >= 0.6 is 27.7 Å². The standard InChI is InChI=1S/C21H14BrN3OS/c1-13-6-7-14(10-17(13)22)20-9-8-15(26-20)11-16(12-23)27-21-24-18-4-2-3-5-19(18)25-21/h2-11H,1H3,(H,24,25)/b16-11+. The van der Waals surface area contributed by atoms with E-state index in [1.54, 1.807) is 6.08 Å². The molecule has 0 aliphatic rings. The average Bonchev–Trinajstić information content (AvgIpc) is 3.29. The number of fused-ring (bicyclic) bond motifs is 1. The molecule has 4 rings (SSSR count). The lowest BCUT2D eigenvalue weighted by Gasteiger charge is -2.01. The fourth-order valence-corrected chi connectivity index (χ4v) is 3.74. The number of para-hydroxylation sites is 2. The molecule has 0 fully saturated rings. The maximum Gasteiger partial charge on any atom is 0.171 e. The second kappa shape index (κ2) is 7.47. The van der Waals surface area contributed by atoms with E-state index in [2.05, 4.69) is 32.0 Å². The largest absolute Gasteiger partial charge is 0.457 e. The molecule has 0 aliphatic carbocycles. The molecule has 0 radical (unpaired) electrons. The number of nitriles is 1. The number of aromatic amines is 1. The van der Waals surface area contributed by atoms with Crippen molar-refractivity contribution >= 4 is 44.8 Å². The van der Waals surface area contributed by atoms with Gasteiger partial charge in [0.05, 0.1) is 15.9 Å². The molecule has 0 saturated carbocycles. The van der Waals surface area contributed by atoms with Gasteiger partial charge in [-0.2, -0.15) is 5.26 Å². The van der Waals surface area contributed by atoms with Gasteiger partial charge in [-0.1, -0.05) is 40.2 Å². The van der Waals surface area contributed by atoms with Crippen molar-refractivity contribution in [1.82, 2.24) is 9.97 Å². The number of benzene rings is 2. The van der Waals surface area contributed by atoms with E-state index in [1.165, 1.54) is 17.3 Å². The second-order valence-corrected chi connectivity index (χ2v) is 7.83. The Labute approximate surface area is 169 Å². The molecule has 0 amide bonds. The van der Waals surface area contributed by atoms with Gasteiger partial charge in [0.25, 0.3) is 0 Å². The van der Waals surface area contributed by atoms with Gasteiger partial charge in [-0.15, -0.1) is 0 Å². The summed E-state index contributed by atoms with van der Waals surface area (Å²) in [5, 5.41) is 10.2. The highest BCUT2D eigenvalue weighted by atomic mass is 79.9. The van der Waals surface area contributed by atoms with Crippen LogP contribution in [0.3, 0.4) is 0 Å². The third-order valence-electron chi connectivity index (χ3n) is 4.04. The lowest BCUT2D eigenvalue weighted by atomic mass is 10.1. The van der Waals surface area contributed by atoms with Crippen molar-refractivity contribution in [3.05, 3.63) is 75.3 Å². The topological polar surface area (TPSA) is 65.6 Å². The van der Waals surface area contributed by atoms with Crippen molar-refractivity contribution in [3.8, 4) is 17.4 Å². The summed E-state index contributed by atoms with van der Waals surface area (Å²) in [6.45, 7) is 2.04. The molecule has 2 aromatic heterocycles. The Hall–Kier alpha value is -2.75. The molecule has 0 saturated heterocycles. The zero-order valence-electron chi connectivity index (χ0n) is 14.4. The number of aromatic nitrogens is 2. The first-order chi connectivity index (χ1) is 13.1. The van der Waals surface area contributed by atoms with E-state index in [0.29, 0.717) is 15.8 Å². The van der Waals surface area contributed by atoms with Gasteiger partial charge in [0.2, 0.25) is 0 Å². The summed E-state index contributed by atoms with van der Waals surface area (Å²) < 4.78 is 6.94. The number of thioether (sulfide) groups is 1. The van der Waals surface area contributed by atoms with Gasteiger partial charge in [-0.25, -0.2) is 4.98 Å². The van der Waals surface area contributed by atoms with E-state index in [4.69, 9.17) is 4.42 Å². The van der Waals surface area contributed by atoms with Gasteiger partial charge < -0.3 is 9.40 Å². The fraction of sp³-hybridized carbons (Fsp3) is 0.0476. The molecule has 0 unspecified atom stereocenters. The number of halogens is 1. The first-order valence-electron chi connectivity index (χ1n) is 8.23. The van der Waals surface area contributed by atoms with Crippen molar-refractivity contribution in [3.63, 3.8) is 0 Å². The Morgan fingerprint density at radius 1 is 1.22 bits per heavy atom. The number of nitrogens with one attached hydrogen (secondary N) is 1. The predicted molar refractivity (Wildman–Crippen MR) is 112 cm³/mol. The summed E-state index contributed by atoms with van der Waals surface area (Å²) in [4.78, 5) is 8.21. The quantitative estimate of drug-likeness (QED) is 0.291. The summed E-state index contributed by atoms with van der Waals surface area (Å²) in [6.07, 6.45) is 1.73. The van der Waals surface area contributed by atoms with Gasteiger partial charge in [-0.3, -0.25) is 0 Å². The maximum absolute atomic E-state index is 9.49. The van der Waals surface area contributed by atoms with Crippen LogP contribution in [0, 0.1) is 18.3 Å². The first-order valence-corrected chi connectivity index (χ1v) is 9.84. The Balaban J connectivity index is 1.58. The maximum atomic E-state index is 9.49. The lowest BCUT2D eigenvalue weighted by Crippen LogP contribution is -1.78. The van der Waals surface area contributed by atoms with Gasteiger partial charge in [0, 0.05) is 16.1 Å². The van der Waals surface area contributed by atoms with Crippen LogP contribution in [0.4, 0.5) is 0 Å². The highest BCUT2D eigenvalue weighted by Crippen LogP contribution is 2.30. The van der Waals surface area contributed by atoms with E-state index >= 15 is 0 Å². The van der Waals surface area contributed by atoms with E-state index in [-0.39, 0.29) is 0 Å². The molecular weight excluding hydrogens is 422 g/mol. The number of imidazole rings is 1. The first kappa shape index (κ1) is 17.7. The fourth-order valence-electron chi connectivity index (χ4n) is 2.63. The number of aryl methyl sites for hydroxylation is 1. The number of H-pyrrole nitrogens is 1. The third-order valence-corrected chi connectivity index (χ3v) is 5.71. The van der Waals surface area contributed by atoms with Gasteiger partial charge in [0.15, 0.2) is 5.16 Å². The molecule has 0 aliphatic heterocycles. The van der Waals surface area contributed by atoms with Crippen LogP contribution in [-0.2, 0) is 0 Å². The highest BCUT2D eigenvalue weighted by molar-refractivity contribution is 9.10. The van der Waals surface area contributed by atoms with Crippen molar-refractivity contribution in [2.24, 2.45) is 0 Å². The molecule has 2 aromatic carbocycles. The number of rotatable bonds is 4. The molecule has 6 heteroatoms. The molecule has 27 heavy (non-hydrogen) atoms. The monoisotopic (exact) mass is 435 g/mol. The summed E-state index contributed by atoms with van der Waals surface area (Å²) in [6, 6.07) is 19.8. The molecule has 4 aromatic rings. The molecular formula is C21H14BrN3OS. The predicted octanol–water partition coefficient (Wildman–Crippen LogP) is 6.55. The molecule has 2 heterocycles. The minimum Gasteiger partial charge on any atom is -0.457 e. The lowest BCUT2D eigenvalue weighted by molar-refractivity contribution is 0.571. The molecule has 0 atom stereocenters. The number of hydrogen-bond acceptors (Lipinski definition) is 4. The molecule has 4 nitrogen and oxygen atoms in total. The minimum absolute atomic E-state index is 0.500. The zero-order valence-corrected chi connectivity index (χ0v) is 16.8. The van der Waals surface area contributed by atoms with Crippen LogP contribution < -0.4 is 0 Å². The Bertz CT molecular complexity index is 1170. The van der Waals surface area contributed by atoms with Crippen LogP contribution in [0.15, 0.2) is 73.5 Å². The number of hydrogen-bond donors (Lipinski definition) is 1. The normalized spacial score (nSPS) is 11.7. The van der Waals surface area contributed by atoms with Crippen molar-refractivity contribution < 1.29 is 4.42 Å². The van der Waals surface area contributed by atoms with Crippen molar-refractivity contribution in [2.45, 2.75) is 12.1 Å². The van der Waals surface area contributed by atoms with Gasteiger partial charge >= 0.3 is 0 Å². The van der Waals surface area contributed by atoms with Crippen molar-refractivity contribution in [2.75, 3.05) is 0 Å². The Morgan fingerprint density at radius 2 is 2.07 bits per heavy atom. The van der Waals surface area contributed by atoms with E-state index in [9.17, 15) is 5.26 Å². The van der Waals surface area contributed by atoms with Crippen LogP contribution in [0.5, 0.6) is 0 Å². The van der Waals surface area contributed by atoms with Crippen LogP contribution in [-0.4, -0.2) is 9.97 Å². The van der Waals surface area contributed by atoms with E-state index < -0.39 is 0 Å². The van der Waals surface area contributed by atoms with Crippen LogP contribution in [0.1, 0.15) is 11.3 Å². The van der Waals surface area contributed by atoms with E-state index in [0.717, 1.165) is 26.8 Å². The average molecular weight is 436 g/mol. The Morgan fingerprint density at radius 3 is 2.85 bits per heavy atom. The smallest absolute Gasteiger partial charge is 0.171 e. The van der Waals surface area contributed by atoms with Crippen LogP contribution in [0.2, 0.25) is 0 Å². The summed E-state index contributed by atoms with van der Waals surface area (Å²) in [7, 11) is 0. The summed E-state index contributed by atoms with van der Waals surface area (Å²) in [5.41, 5.74) is 3.97. The van der Waals surface area contributed by atoms with Gasteiger partial charge in [0.1, 0.15) is 17.6 Å². The summed E-state index contributed by atoms with van der Waals surface area (Å²) in [5.74, 6) is 1.38. The van der Waals surface area contributed by atoms with Gasteiger partial charge in [-0.05, 0) is 54.6 Å². The molecule has 132 valence electrons. The minimum atomic E-state index is 0.500. The molecule has 0 bridgehead atoms. The second-order valence-electron chi connectivity index (χ2n) is 5.95. The van der Waals surface area contributed by atoms with Crippen LogP contribution in [0.25, 0.3) is 28.4 Å². The van der Waals surface area contributed by atoms with E-state index in [1.807, 2.05) is 61.5 Å². The number of furan rings is 1. The molecule has 0 spiro atoms. The Kier molecular flexibility index (Phi) is 4.88. The third kappa shape index (κ3) is 3.85. The number of allylic oxidation sites excluding steroid dienone is 1. The number of nitrogens with zero attached hydrogens (tertiary/aromatic N) is 2. The highest BCUT2D eigenvalue weighted by Gasteiger charge is 2.09. The zero-order chi connectivity index (χ0) is 18.8. The SMILES string of the molecule is Cc1ccc(-c2ccc(/C=C(\C#N)Sc3nc4ccccc4[nH]3)o2)cc1Br. The summed E-state index contributed by atoms with van der Waals surface area (Å²) >= 11 is 4.83.